The van der Waals surface area contributed by atoms with Crippen LogP contribution in [0.3, 0.4) is 0 Å². The van der Waals surface area contributed by atoms with Crippen molar-refractivity contribution < 1.29 is 9.53 Å². The average Bonchev–Trinajstić information content (AvgIpc) is 2.79. The third kappa shape index (κ3) is 2.50. The van der Waals surface area contributed by atoms with E-state index in [-0.39, 0.29) is 11.3 Å². The Balaban J connectivity index is 2.63. The molecule has 2 atom stereocenters. The first kappa shape index (κ1) is 14.8. The molecule has 0 radical (unpaired) electrons. The van der Waals surface area contributed by atoms with Crippen LogP contribution in [0, 0.1) is 6.92 Å². The lowest BCUT2D eigenvalue weighted by Gasteiger charge is -2.16. The third-order valence-electron chi connectivity index (χ3n) is 3.18. The molecule has 0 aliphatic heterocycles. The van der Waals surface area contributed by atoms with Crippen molar-refractivity contribution in [2.75, 3.05) is 6.61 Å². The number of aromatic nitrogens is 3. The molecule has 0 aliphatic carbocycles. The first-order valence-corrected chi connectivity index (χ1v) is 7.05. The second kappa shape index (κ2) is 5.79. The van der Waals surface area contributed by atoms with Gasteiger partial charge in [-0.3, -0.25) is 4.57 Å². The van der Waals surface area contributed by atoms with Gasteiger partial charge in [0.1, 0.15) is 17.4 Å². The molecule has 2 aromatic rings. The fraction of sp³-hybridized carbons (Fsp3) is 0.500. The van der Waals surface area contributed by atoms with Crippen LogP contribution >= 0.6 is 11.6 Å². The van der Waals surface area contributed by atoms with Gasteiger partial charge in [0.2, 0.25) is 0 Å². The Morgan fingerprint density at radius 3 is 2.80 bits per heavy atom. The number of pyridine rings is 1. The molecule has 20 heavy (non-hydrogen) atoms. The Labute approximate surface area is 122 Å². The van der Waals surface area contributed by atoms with Crippen LogP contribution in [0.4, 0.5) is 0 Å². The van der Waals surface area contributed by atoms with Crippen molar-refractivity contribution in [3.8, 4) is 0 Å². The number of nitrogens with zero attached hydrogens (tertiary/aromatic N) is 3. The molecule has 2 aromatic heterocycles. The molecule has 0 amide bonds. The minimum Gasteiger partial charge on any atom is -0.464 e. The molecule has 0 N–H and O–H groups in total. The highest BCUT2D eigenvalue weighted by molar-refractivity contribution is 6.20. The van der Waals surface area contributed by atoms with Gasteiger partial charge in [-0.1, -0.05) is 0 Å². The minimum atomic E-state index is -0.509. The summed E-state index contributed by atoms with van der Waals surface area (Å²) in [6, 6.07) is 1.38. The Morgan fingerprint density at radius 1 is 1.50 bits per heavy atom. The van der Waals surface area contributed by atoms with Crippen LogP contribution < -0.4 is 0 Å². The molecule has 0 spiro atoms. The molecular weight excluding hydrogens is 278 g/mol. The maximum absolute atomic E-state index is 12.0. The van der Waals surface area contributed by atoms with Gasteiger partial charge >= 0.3 is 5.97 Å². The Hall–Kier alpha value is -1.62. The standard InChI is InChI=1S/C14H18ClN3O2/c1-5-20-14(19)10(4)18-12(9(3)15)17-11-8(2)6-7-16-13(11)18/h6-7,9-10H,5H2,1-4H3. The lowest BCUT2D eigenvalue weighted by molar-refractivity contribution is -0.146. The van der Waals surface area contributed by atoms with E-state index >= 15 is 0 Å². The van der Waals surface area contributed by atoms with Crippen LogP contribution in [0.1, 0.15) is 43.6 Å². The number of ether oxygens (including phenoxy) is 1. The van der Waals surface area contributed by atoms with E-state index in [9.17, 15) is 4.79 Å². The van der Waals surface area contributed by atoms with E-state index in [4.69, 9.17) is 16.3 Å². The summed E-state index contributed by atoms with van der Waals surface area (Å²) in [6.07, 6.45) is 1.70. The SMILES string of the molecule is CCOC(=O)C(C)n1c(C(C)Cl)nc2c(C)ccnc21. The molecule has 5 nitrogen and oxygen atoms in total. The zero-order valence-corrected chi connectivity index (χ0v) is 12.8. The summed E-state index contributed by atoms with van der Waals surface area (Å²) >= 11 is 6.19. The average molecular weight is 296 g/mol. The number of hydrogen-bond acceptors (Lipinski definition) is 4. The molecule has 2 unspecified atom stereocenters. The topological polar surface area (TPSA) is 57.0 Å². The molecule has 108 valence electrons. The summed E-state index contributed by atoms with van der Waals surface area (Å²) in [7, 11) is 0. The Bertz CT molecular complexity index is 637. The smallest absolute Gasteiger partial charge is 0.328 e. The van der Waals surface area contributed by atoms with E-state index in [0.29, 0.717) is 18.1 Å². The lowest BCUT2D eigenvalue weighted by atomic mass is 10.2. The molecule has 6 heteroatoms. The van der Waals surface area contributed by atoms with Crippen molar-refractivity contribution in [2.24, 2.45) is 0 Å². The van der Waals surface area contributed by atoms with Gasteiger partial charge in [-0.25, -0.2) is 14.8 Å². The maximum Gasteiger partial charge on any atom is 0.328 e. The van der Waals surface area contributed by atoms with E-state index in [1.807, 2.05) is 19.9 Å². The first-order chi connectivity index (χ1) is 9.47. The molecule has 0 fully saturated rings. The zero-order valence-electron chi connectivity index (χ0n) is 12.1. The fourth-order valence-corrected chi connectivity index (χ4v) is 2.31. The van der Waals surface area contributed by atoms with Gasteiger partial charge in [-0.2, -0.15) is 0 Å². The van der Waals surface area contributed by atoms with Crippen LogP contribution in [-0.2, 0) is 9.53 Å². The van der Waals surface area contributed by atoms with Crippen LogP contribution in [0.5, 0.6) is 0 Å². The highest BCUT2D eigenvalue weighted by Gasteiger charge is 2.25. The molecule has 0 aliphatic rings. The number of halogens is 1. The number of aryl methyl sites for hydroxylation is 1. The predicted octanol–water partition coefficient (Wildman–Crippen LogP) is 3.16. The summed E-state index contributed by atoms with van der Waals surface area (Å²) in [4.78, 5) is 20.9. The van der Waals surface area contributed by atoms with Gasteiger partial charge in [0.15, 0.2) is 5.65 Å². The van der Waals surface area contributed by atoms with Gasteiger partial charge in [0.05, 0.1) is 12.0 Å². The number of carbonyl (C=O) groups is 1. The second-order valence-corrected chi connectivity index (χ2v) is 5.34. The third-order valence-corrected chi connectivity index (χ3v) is 3.37. The molecule has 0 saturated carbocycles. The number of rotatable bonds is 4. The Kier molecular flexibility index (Phi) is 4.28. The van der Waals surface area contributed by atoms with Crippen LogP contribution in [0.2, 0.25) is 0 Å². The van der Waals surface area contributed by atoms with Gasteiger partial charge in [0.25, 0.3) is 0 Å². The van der Waals surface area contributed by atoms with Gasteiger partial charge < -0.3 is 4.74 Å². The van der Waals surface area contributed by atoms with Crippen LogP contribution in [0.25, 0.3) is 11.2 Å². The maximum atomic E-state index is 12.0. The zero-order chi connectivity index (χ0) is 14.9. The van der Waals surface area contributed by atoms with Crippen molar-refractivity contribution in [2.45, 2.75) is 39.1 Å². The van der Waals surface area contributed by atoms with E-state index in [2.05, 4.69) is 9.97 Å². The van der Waals surface area contributed by atoms with Gasteiger partial charge in [-0.15, -0.1) is 11.6 Å². The molecule has 2 heterocycles. The molecule has 0 aromatic carbocycles. The van der Waals surface area contributed by atoms with Crippen molar-refractivity contribution in [1.29, 1.82) is 0 Å². The van der Waals surface area contributed by atoms with Crippen LogP contribution in [-0.4, -0.2) is 27.1 Å². The van der Waals surface area contributed by atoms with Crippen molar-refractivity contribution in [1.82, 2.24) is 14.5 Å². The minimum absolute atomic E-state index is 0.311. The Morgan fingerprint density at radius 2 is 2.20 bits per heavy atom. The summed E-state index contributed by atoms with van der Waals surface area (Å²) in [6.45, 7) is 7.68. The number of esters is 1. The largest absolute Gasteiger partial charge is 0.464 e. The molecule has 0 saturated heterocycles. The van der Waals surface area contributed by atoms with Gasteiger partial charge in [0, 0.05) is 6.20 Å². The predicted molar refractivity (Wildman–Crippen MR) is 77.9 cm³/mol. The van der Waals surface area contributed by atoms with E-state index in [1.165, 1.54) is 0 Å². The summed E-state index contributed by atoms with van der Waals surface area (Å²) < 4.78 is 6.84. The fourth-order valence-electron chi connectivity index (χ4n) is 2.16. The number of carbonyl (C=O) groups excluding carboxylic acids is 1. The monoisotopic (exact) mass is 295 g/mol. The molecule has 2 rings (SSSR count). The number of imidazole rings is 1. The van der Waals surface area contributed by atoms with E-state index in [1.54, 1.807) is 24.6 Å². The number of hydrogen-bond donors (Lipinski definition) is 0. The molecular formula is C14H18ClN3O2. The van der Waals surface area contributed by atoms with E-state index in [0.717, 1.165) is 11.1 Å². The molecule has 0 bridgehead atoms. The van der Waals surface area contributed by atoms with Crippen molar-refractivity contribution in [3.05, 3.63) is 23.7 Å². The second-order valence-electron chi connectivity index (χ2n) is 4.68. The van der Waals surface area contributed by atoms with Gasteiger partial charge in [-0.05, 0) is 39.3 Å². The summed E-state index contributed by atoms with van der Waals surface area (Å²) in [5.74, 6) is 0.317. The summed E-state index contributed by atoms with van der Waals surface area (Å²) in [5.41, 5.74) is 2.43. The summed E-state index contributed by atoms with van der Waals surface area (Å²) in [5, 5.41) is -0.319. The first-order valence-electron chi connectivity index (χ1n) is 6.61. The highest BCUT2D eigenvalue weighted by Crippen LogP contribution is 2.28. The number of alkyl halides is 1. The lowest BCUT2D eigenvalue weighted by Crippen LogP contribution is -2.21. The normalized spacial score (nSPS) is 14.2. The van der Waals surface area contributed by atoms with Crippen LogP contribution in [0.15, 0.2) is 12.3 Å². The quantitative estimate of drug-likeness (QED) is 0.642. The van der Waals surface area contributed by atoms with Crippen molar-refractivity contribution >= 4 is 28.7 Å². The number of fused-ring (bicyclic) bond motifs is 1. The van der Waals surface area contributed by atoms with E-state index < -0.39 is 6.04 Å². The van der Waals surface area contributed by atoms with Crippen molar-refractivity contribution in [3.63, 3.8) is 0 Å². The highest BCUT2D eigenvalue weighted by atomic mass is 35.5.